The Bertz CT molecular complexity index is 342. The lowest BCUT2D eigenvalue weighted by atomic mass is 9.83. The van der Waals surface area contributed by atoms with Gasteiger partial charge in [0.2, 0.25) is 0 Å². The van der Waals surface area contributed by atoms with Crippen LogP contribution in [0.5, 0.6) is 0 Å². The summed E-state index contributed by atoms with van der Waals surface area (Å²) in [7, 11) is 0. The Morgan fingerprint density at radius 1 is 1.37 bits per heavy atom. The summed E-state index contributed by atoms with van der Waals surface area (Å²) < 4.78 is 1.13. The predicted octanol–water partition coefficient (Wildman–Crippen LogP) is 3.97. The van der Waals surface area contributed by atoms with E-state index in [4.69, 9.17) is 0 Å². The fraction of sp³-hybridized carbons (Fsp3) is 0.857. The van der Waals surface area contributed by atoms with E-state index in [1.54, 1.807) is 11.3 Å². The van der Waals surface area contributed by atoms with E-state index in [0.717, 1.165) is 16.8 Å². The largest absolute Gasteiger partial charge is 0.313 e. The lowest BCUT2D eigenvalue weighted by Crippen LogP contribution is -2.42. The number of nitrogens with zero attached hydrogens (tertiary/aromatic N) is 2. The molecule has 1 aromatic heterocycles. The van der Waals surface area contributed by atoms with Gasteiger partial charge in [0.05, 0.1) is 0 Å². The summed E-state index contributed by atoms with van der Waals surface area (Å²) in [6.45, 7) is 5.67. The average molecular weight is 300 g/mol. The van der Waals surface area contributed by atoms with Crippen molar-refractivity contribution >= 4 is 23.1 Å². The first kappa shape index (κ1) is 15.3. The minimum absolute atomic E-state index is 0.655. The molecule has 0 aliphatic heterocycles. The predicted molar refractivity (Wildman–Crippen MR) is 83.9 cm³/mol. The van der Waals surface area contributed by atoms with Gasteiger partial charge in [0.1, 0.15) is 5.51 Å². The van der Waals surface area contributed by atoms with Gasteiger partial charge in [0.15, 0.2) is 4.34 Å². The molecular weight excluding hydrogens is 274 g/mol. The molecule has 0 saturated heterocycles. The van der Waals surface area contributed by atoms with Gasteiger partial charge in [-0.1, -0.05) is 49.8 Å². The summed E-state index contributed by atoms with van der Waals surface area (Å²) in [5.41, 5.74) is 1.84. The van der Waals surface area contributed by atoms with Crippen LogP contribution in [0.4, 0.5) is 0 Å². The standard InChI is InChI=1S/C14H25N3S2/c1-3-5-11-6-7-12(15-8-4-2)13(9-11)19-14-17-16-10-18-14/h10-13,15H,3-9H2,1-2H3. The summed E-state index contributed by atoms with van der Waals surface area (Å²) in [6.07, 6.45) is 7.95. The first-order valence-corrected chi connectivity index (χ1v) is 9.25. The molecule has 0 radical (unpaired) electrons. The van der Waals surface area contributed by atoms with E-state index in [2.05, 4.69) is 29.4 Å². The van der Waals surface area contributed by atoms with Gasteiger partial charge < -0.3 is 5.32 Å². The molecule has 19 heavy (non-hydrogen) atoms. The van der Waals surface area contributed by atoms with Crippen molar-refractivity contribution in [1.29, 1.82) is 0 Å². The Labute approximate surface area is 125 Å². The second kappa shape index (κ2) is 8.22. The maximum absolute atomic E-state index is 4.20. The van der Waals surface area contributed by atoms with Gasteiger partial charge in [0.25, 0.3) is 0 Å². The summed E-state index contributed by atoms with van der Waals surface area (Å²) in [5.74, 6) is 0.912. The fourth-order valence-corrected chi connectivity index (χ4v) is 5.04. The van der Waals surface area contributed by atoms with Crippen LogP contribution in [0.15, 0.2) is 9.85 Å². The monoisotopic (exact) mass is 299 g/mol. The fourth-order valence-electron chi connectivity index (χ4n) is 2.92. The van der Waals surface area contributed by atoms with Gasteiger partial charge in [-0.15, -0.1) is 10.2 Å². The Kier molecular flexibility index (Phi) is 6.61. The van der Waals surface area contributed by atoms with E-state index in [1.807, 2.05) is 17.3 Å². The average Bonchev–Trinajstić information content (AvgIpc) is 2.91. The van der Waals surface area contributed by atoms with E-state index >= 15 is 0 Å². The molecule has 3 atom stereocenters. The van der Waals surface area contributed by atoms with Gasteiger partial charge >= 0.3 is 0 Å². The zero-order valence-electron chi connectivity index (χ0n) is 12.0. The van der Waals surface area contributed by atoms with Gasteiger partial charge in [-0.25, -0.2) is 0 Å². The van der Waals surface area contributed by atoms with Crippen LogP contribution in [0, 0.1) is 5.92 Å². The number of hydrogen-bond donors (Lipinski definition) is 1. The summed E-state index contributed by atoms with van der Waals surface area (Å²) in [4.78, 5) is 0. The summed E-state index contributed by atoms with van der Waals surface area (Å²) in [5, 5.41) is 12.6. The highest BCUT2D eigenvalue weighted by Crippen LogP contribution is 2.38. The lowest BCUT2D eigenvalue weighted by Gasteiger charge is -2.36. The summed E-state index contributed by atoms with van der Waals surface area (Å²) >= 11 is 3.61. The van der Waals surface area contributed by atoms with Crippen molar-refractivity contribution in [2.75, 3.05) is 6.54 Å². The Balaban J connectivity index is 1.93. The van der Waals surface area contributed by atoms with Gasteiger partial charge in [-0.3, -0.25) is 0 Å². The van der Waals surface area contributed by atoms with Gasteiger partial charge in [-0.05, 0) is 38.1 Å². The summed E-state index contributed by atoms with van der Waals surface area (Å²) in [6, 6.07) is 0.655. The van der Waals surface area contributed by atoms with Crippen LogP contribution in [0.3, 0.4) is 0 Å². The van der Waals surface area contributed by atoms with Crippen LogP contribution in [0.25, 0.3) is 0 Å². The van der Waals surface area contributed by atoms with Crippen molar-refractivity contribution in [3.05, 3.63) is 5.51 Å². The minimum atomic E-state index is 0.655. The van der Waals surface area contributed by atoms with Crippen LogP contribution in [-0.4, -0.2) is 28.0 Å². The van der Waals surface area contributed by atoms with Crippen LogP contribution < -0.4 is 5.32 Å². The van der Waals surface area contributed by atoms with E-state index in [-0.39, 0.29) is 0 Å². The highest BCUT2D eigenvalue weighted by molar-refractivity contribution is 8.01. The van der Waals surface area contributed by atoms with E-state index < -0.39 is 0 Å². The number of aromatic nitrogens is 2. The molecular formula is C14H25N3S2. The van der Waals surface area contributed by atoms with Crippen molar-refractivity contribution in [1.82, 2.24) is 15.5 Å². The molecule has 3 nitrogen and oxygen atoms in total. The molecule has 0 spiro atoms. The third-order valence-corrected chi connectivity index (χ3v) is 6.01. The molecule has 3 unspecified atom stereocenters. The molecule has 1 heterocycles. The molecule has 0 amide bonds. The van der Waals surface area contributed by atoms with E-state index in [0.29, 0.717) is 11.3 Å². The Hall–Kier alpha value is -0.130. The third-order valence-electron chi connectivity index (χ3n) is 3.85. The van der Waals surface area contributed by atoms with Crippen molar-refractivity contribution in [2.24, 2.45) is 5.92 Å². The first-order valence-electron chi connectivity index (χ1n) is 7.49. The van der Waals surface area contributed by atoms with Crippen LogP contribution in [0.1, 0.15) is 52.4 Å². The maximum atomic E-state index is 4.20. The third kappa shape index (κ3) is 4.72. The SMILES string of the molecule is CCCNC1CCC(CCC)CC1Sc1nncs1. The van der Waals surface area contributed by atoms with Crippen molar-refractivity contribution in [3.63, 3.8) is 0 Å². The molecule has 1 aliphatic carbocycles. The molecule has 1 saturated carbocycles. The van der Waals surface area contributed by atoms with Crippen LogP contribution >= 0.6 is 23.1 Å². The Morgan fingerprint density at radius 3 is 2.95 bits per heavy atom. The second-order valence-corrected chi connectivity index (χ2v) is 7.71. The smallest absolute Gasteiger partial charge is 0.174 e. The molecule has 1 fully saturated rings. The van der Waals surface area contributed by atoms with Crippen LogP contribution in [0.2, 0.25) is 0 Å². The normalized spacial score (nSPS) is 27.6. The van der Waals surface area contributed by atoms with E-state index in [9.17, 15) is 0 Å². The molecule has 0 aromatic carbocycles. The number of thioether (sulfide) groups is 1. The molecule has 0 bridgehead atoms. The number of nitrogens with one attached hydrogen (secondary N) is 1. The lowest BCUT2D eigenvalue weighted by molar-refractivity contribution is 0.287. The van der Waals surface area contributed by atoms with Crippen molar-refractivity contribution in [2.45, 2.75) is 68.0 Å². The van der Waals surface area contributed by atoms with Crippen molar-refractivity contribution in [3.8, 4) is 0 Å². The number of hydrogen-bond acceptors (Lipinski definition) is 5. The second-order valence-electron chi connectivity index (χ2n) is 5.39. The minimum Gasteiger partial charge on any atom is -0.313 e. The van der Waals surface area contributed by atoms with E-state index in [1.165, 1.54) is 38.5 Å². The highest BCUT2D eigenvalue weighted by atomic mass is 32.2. The zero-order valence-corrected chi connectivity index (χ0v) is 13.6. The van der Waals surface area contributed by atoms with Crippen molar-refractivity contribution < 1.29 is 0 Å². The topological polar surface area (TPSA) is 37.8 Å². The highest BCUT2D eigenvalue weighted by Gasteiger charge is 2.31. The Morgan fingerprint density at radius 2 is 2.26 bits per heavy atom. The molecule has 1 aliphatic rings. The molecule has 1 N–H and O–H groups in total. The maximum Gasteiger partial charge on any atom is 0.174 e. The van der Waals surface area contributed by atoms with Gasteiger partial charge in [0, 0.05) is 11.3 Å². The molecule has 1 aromatic rings. The van der Waals surface area contributed by atoms with Gasteiger partial charge in [-0.2, -0.15) is 0 Å². The zero-order chi connectivity index (χ0) is 13.5. The quantitative estimate of drug-likeness (QED) is 0.827. The first-order chi connectivity index (χ1) is 9.33. The molecule has 2 rings (SSSR count). The molecule has 108 valence electrons. The number of rotatable bonds is 7. The van der Waals surface area contributed by atoms with Crippen LogP contribution in [-0.2, 0) is 0 Å². The molecule has 5 heteroatoms.